The number of hydrogen-bond acceptors (Lipinski definition) is 6. The van der Waals surface area contributed by atoms with Crippen molar-refractivity contribution in [3.05, 3.63) is 0 Å². The van der Waals surface area contributed by atoms with Crippen LogP contribution >= 0.6 is 0 Å². The van der Waals surface area contributed by atoms with Gasteiger partial charge in [0.15, 0.2) is 6.10 Å². The highest BCUT2D eigenvalue weighted by atomic mass is 16.6. The zero-order chi connectivity index (χ0) is 37.6. The molecule has 0 aromatic heterocycles. The van der Waals surface area contributed by atoms with Gasteiger partial charge in [-0.1, -0.05) is 202 Å². The number of unbranched alkanes of at least 4 members (excludes halogenated alkanes) is 24. The lowest BCUT2D eigenvalue weighted by atomic mass is 10.0. The van der Waals surface area contributed by atoms with Gasteiger partial charge in [0, 0.05) is 19.3 Å². The SMILES string of the molecule is CCCCCCCCCCCCCCC(=O)O[C@H](COC(=O)CCCCCCCCCCC(C)C)COC(=O)CCCCCCCCCC(C)C. The quantitative estimate of drug-likeness (QED) is 0.0357. The van der Waals surface area contributed by atoms with Crippen molar-refractivity contribution in [3.63, 3.8) is 0 Å². The van der Waals surface area contributed by atoms with Gasteiger partial charge in [0.05, 0.1) is 0 Å². The van der Waals surface area contributed by atoms with E-state index in [9.17, 15) is 14.4 Å². The second-order valence-corrected chi connectivity index (χ2v) is 16.3. The van der Waals surface area contributed by atoms with Gasteiger partial charge in [-0.2, -0.15) is 0 Å². The Hall–Kier alpha value is -1.59. The van der Waals surface area contributed by atoms with E-state index in [1.54, 1.807) is 0 Å². The molecule has 0 saturated carbocycles. The Bertz CT molecular complexity index is 779. The van der Waals surface area contributed by atoms with Crippen molar-refractivity contribution in [1.82, 2.24) is 0 Å². The molecule has 6 nitrogen and oxygen atoms in total. The molecule has 6 heteroatoms. The third-order valence-corrected chi connectivity index (χ3v) is 9.97. The Balaban J connectivity index is 4.35. The maximum atomic E-state index is 12.7. The molecule has 0 spiro atoms. The fourth-order valence-corrected chi connectivity index (χ4v) is 6.58. The van der Waals surface area contributed by atoms with Crippen LogP contribution in [0.3, 0.4) is 0 Å². The normalized spacial score (nSPS) is 12.1. The molecular weight excluding hydrogens is 636 g/mol. The summed E-state index contributed by atoms with van der Waals surface area (Å²) in [6, 6.07) is 0. The van der Waals surface area contributed by atoms with Gasteiger partial charge in [-0.3, -0.25) is 14.4 Å². The third-order valence-electron chi connectivity index (χ3n) is 9.97. The minimum Gasteiger partial charge on any atom is -0.462 e. The Kier molecular flexibility index (Phi) is 37.0. The maximum Gasteiger partial charge on any atom is 0.306 e. The van der Waals surface area contributed by atoms with Crippen LogP contribution in [0.1, 0.15) is 240 Å². The molecule has 0 amide bonds. The van der Waals surface area contributed by atoms with E-state index < -0.39 is 6.10 Å². The standard InChI is InChI=1S/C45H86O6/c1-6-7-8-9-10-11-12-13-14-21-27-32-37-45(48)51-42(39-50-44(47)36-31-26-22-17-19-24-29-34-41(4)5)38-49-43(46)35-30-25-20-16-15-18-23-28-33-40(2)3/h40-42H,6-39H2,1-5H3/t42-/m1/s1. The minimum absolute atomic E-state index is 0.0660. The average Bonchev–Trinajstić information content (AvgIpc) is 3.09. The number of esters is 3. The molecule has 0 aromatic carbocycles. The van der Waals surface area contributed by atoms with Crippen molar-refractivity contribution in [2.75, 3.05) is 13.2 Å². The molecule has 0 saturated heterocycles. The molecule has 0 heterocycles. The van der Waals surface area contributed by atoms with Crippen LogP contribution in [0.25, 0.3) is 0 Å². The molecule has 1 atom stereocenters. The molecule has 0 unspecified atom stereocenters. The predicted octanol–water partition coefficient (Wildman–Crippen LogP) is 13.8. The van der Waals surface area contributed by atoms with E-state index in [0.29, 0.717) is 19.3 Å². The van der Waals surface area contributed by atoms with Crippen molar-refractivity contribution < 1.29 is 28.6 Å². The van der Waals surface area contributed by atoms with Crippen LogP contribution in [0.15, 0.2) is 0 Å². The number of carbonyl (C=O) groups is 3. The van der Waals surface area contributed by atoms with Crippen molar-refractivity contribution in [3.8, 4) is 0 Å². The Morgan fingerprint density at radius 3 is 0.961 bits per heavy atom. The van der Waals surface area contributed by atoms with Crippen LogP contribution in [0.2, 0.25) is 0 Å². The average molecular weight is 723 g/mol. The van der Waals surface area contributed by atoms with E-state index in [1.807, 2.05) is 0 Å². The third kappa shape index (κ3) is 39.5. The van der Waals surface area contributed by atoms with Gasteiger partial charge < -0.3 is 14.2 Å². The molecule has 0 rings (SSSR count). The van der Waals surface area contributed by atoms with Crippen LogP contribution in [-0.4, -0.2) is 37.2 Å². The number of ether oxygens (including phenoxy) is 3. The highest BCUT2D eigenvalue weighted by molar-refractivity contribution is 5.71. The van der Waals surface area contributed by atoms with Gasteiger partial charge in [0.2, 0.25) is 0 Å². The van der Waals surface area contributed by atoms with E-state index >= 15 is 0 Å². The second-order valence-electron chi connectivity index (χ2n) is 16.3. The lowest BCUT2D eigenvalue weighted by Gasteiger charge is -2.18. The Morgan fingerprint density at radius 2 is 0.647 bits per heavy atom. The van der Waals surface area contributed by atoms with Crippen LogP contribution in [0.4, 0.5) is 0 Å². The molecule has 302 valence electrons. The van der Waals surface area contributed by atoms with Crippen LogP contribution in [-0.2, 0) is 28.6 Å². The van der Waals surface area contributed by atoms with Gasteiger partial charge in [0.25, 0.3) is 0 Å². The van der Waals surface area contributed by atoms with Crippen molar-refractivity contribution in [1.29, 1.82) is 0 Å². The van der Waals surface area contributed by atoms with Crippen LogP contribution < -0.4 is 0 Å². The van der Waals surface area contributed by atoms with Gasteiger partial charge in [0.1, 0.15) is 13.2 Å². The summed E-state index contributed by atoms with van der Waals surface area (Å²) in [4.78, 5) is 37.6. The summed E-state index contributed by atoms with van der Waals surface area (Å²) in [7, 11) is 0. The summed E-state index contributed by atoms with van der Waals surface area (Å²) in [5, 5.41) is 0. The summed E-state index contributed by atoms with van der Waals surface area (Å²) in [6.45, 7) is 11.2. The van der Waals surface area contributed by atoms with Crippen LogP contribution in [0.5, 0.6) is 0 Å². The van der Waals surface area contributed by atoms with E-state index in [4.69, 9.17) is 14.2 Å². The smallest absolute Gasteiger partial charge is 0.306 e. The maximum absolute atomic E-state index is 12.7. The topological polar surface area (TPSA) is 78.9 Å². The highest BCUT2D eigenvalue weighted by Gasteiger charge is 2.19. The molecule has 0 radical (unpaired) electrons. The summed E-state index contributed by atoms with van der Waals surface area (Å²) in [5.41, 5.74) is 0. The zero-order valence-electron chi connectivity index (χ0n) is 34.7. The van der Waals surface area contributed by atoms with Crippen molar-refractivity contribution in [2.24, 2.45) is 11.8 Å². The first-order valence-electron chi connectivity index (χ1n) is 22.2. The lowest BCUT2D eigenvalue weighted by molar-refractivity contribution is -0.167. The second kappa shape index (κ2) is 38.1. The van der Waals surface area contributed by atoms with E-state index in [0.717, 1.165) is 69.6 Å². The molecule has 0 fully saturated rings. The fraction of sp³-hybridized carbons (Fsp3) is 0.933. The molecule has 0 aliphatic carbocycles. The summed E-state index contributed by atoms with van der Waals surface area (Å²) < 4.78 is 16.7. The lowest BCUT2D eigenvalue weighted by Crippen LogP contribution is -2.30. The van der Waals surface area contributed by atoms with E-state index in [-0.39, 0.29) is 31.1 Å². The molecule has 0 N–H and O–H groups in total. The molecule has 0 bridgehead atoms. The van der Waals surface area contributed by atoms with Gasteiger partial charge in [-0.25, -0.2) is 0 Å². The molecule has 0 aliphatic rings. The van der Waals surface area contributed by atoms with Gasteiger partial charge >= 0.3 is 17.9 Å². The van der Waals surface area contributed by atoms with E-state index in [2.05, 4.69) is 34.6 Å². The minimum atomic E-state index is -0.760. The Labute approximate surface area is 317 Å². The largest absolute Gasteiger partial charge is 0.462 e. The summed E-state index contributed by atoms with van der Waals surface area (Å²) in [6.07, 6.45) is 35.2. The fourth-order valence-electron chi connectivity index (χ4n) is 6.58. The highest BCUT2D eigenvalue weighted by Crippen LogP contribution is 2.16. The first-order valence-corrected chi connectivity index (χ1v) is 22.2. The van der Waals surface area contributed by atoms with Crippen LogP contribution in [0, 0.1) is 11.8 Å². The molecule has 0 aliphatic heterocycles. The monoisotopic (exact) mass is 723 g/mol. The number of rotatable bonds is 39. The first-order chi connectivity index (χ1) is 24.7. The first kappa shape index (κ1) is 49.4. The van der Waals surface area contributed by atoms with Crippen molar-refractivity contribution >= 4 is 17.9 Å². The number of hydrogen-bond donors (Lipinski definition) is 0. The van der Waals surface area contributed by atoms with Crippen molar-refractivity contribution in [2.45, 2.75) is 246 Å². The summed E-state index contributed by atoms with van der Waals surface area (Å²) in [5.74, 6) is 0.715. The molecule has 51 heavy (non-hydrogen) atoms. The summed E-state index contributed by atoms with van der Waals surface area (Å²) >= 11 is 0. The predicted molar refractivity (Wildman–Crippen MR) is 215 cm³/mol. The molecular formula is C45H86O6. The van der Waals surface area contributed by atoms with Gasteiger partial charge in [-0.05, 0) is 31.1 Å². The number of carbonyl (C=O) groups excluding carboxylic acids is 3. The van der Waals surface area contributed by atoms with E-state index in [1.165, 1.54) is 128 Å². The Morgan fingerprint density at radius 1 is 0.373 bits per heavy atom. The molecule has 0 aromatic rings. The zero-order valence-corrected chi connectivity index (χ0v) is 34.7. The van der Waals surface area contributed by atoms with Gasteiger partial charge in [-0.15, -0.1) is 0 Å².